The van der Waals surface area contributed by atoms with Crippen molar-refractivity contribution in [3.8, 4) is 0 Å². The summed E-state index contributed by atoms with van der Waals surface area (Å²) in [6.45, 7) is 3.15. The van der Waals surface area contributed by atoms with E-state index in [-0.39, 0.29) is 0 Å². The molecule has 1 amide bonds. The van der Waals surface area contributed by atoms with E-state index >= 15 is 0 Å². The largest absolute Gasteiger partial charge is 0.480 e. The average molecular weight is 242 g/mol. The lowest BCUT2D eigenvalue weighted by Gasteiger charge is -2.10. The van der Waals surface area contributed by atoms with Gasteiger partial charge in [0.1, 0.15) is 6.04 Å². The molecule has 0 fully saturated rings. The van der Waals surface area contributed by atoms with E-state index in [2.05, 4.69) is 5.32 Å². The number of hydrogen-bond donors (Lipinski definition) is 2. The smallest absolute Gasteiger partial charge is 0.325 e. The molecule has 0 aliphatic rings. The molecule has 0 radical (unpaired) electrons. The zero-order chi connectivity index (χ0) is 12.3. The van der Waals surface area contributed by atoms with Crippen LogP contribution in [0.5, 0.6) is 0 Å². The predicted octanol–water partition coefficient (Wildman–Crippen LogP) is 1.85. The molecule has 0 saturated heterocycles. The Balaban J connectivity index is 2.85. The van der Waals surface area contributed by atoms with Crippen LogP contribution in [0.15, 0.2) is 18.2 Å². The first-order valence-electron chi connectivity index (χ1n) is 4.71. The quantitative estimate of drug-likeness (QED) is 0.849. The Kier molecular flexibility index (Phi) is 3.90. The summed E-state index contributed by atoms with van der Waals surface area (Å²) in [6.07, 6.45) is 0. The van der Waals surface area contributed by atoms with Crippen molar-refractivity contribution >= 4 is 23.5 Å². The highest BCUT2D eigenvalue weighted by molar-refractivity contribution is 6.30. The highest BCUT2D eigenvalue weighted by atomic mass is 35.5. The number of benzene rings is 1. The van der Waals surface area contributed by atoms with Gasteiger partial charge in [0.25, 0.3) is 5.91 Å². The number of carboxylic acid groups (broad SMARTS) is 1. The summed E-state index contributed by atoms with van der Waals surface area (Å²) in [6, 6.07) is 3.90. The van der Waals surface area contributed by atoms with E-state index in [0.29, 0.717) is 16.1 Å². The summed E-state index contributed by atoms with van der Waals surface area (Å²) in [4.78, 5) is 22.2. The Hall–Kier alpha value is -1.55. The zero-order valence-corrected chi connectivity index (χ0v) is 9.71. The zero-order valence-electron chi connectivity index (χ0n) is 8.95. The number of nitrogens with one attached hydrogen (secondary N) is 1. The molecule has 1 rings (SSSR count). The van der Waals surface area contributed by atoms with Gasteiger partial charge in [-0.2, -0.15) is 0 Å². The molecule has 0 aliphatic carbocycles. The Morgan fingerprint density at radius 3 is 2.56 bits per heavy atom. The maximum Gasteiger partial charge on any atom is 0.325 e. The van der Waals surface area contributed by atoms with E-state index in [1.54, 1.807) is 25.1 Å². The fourth-order valence-electron chi connectivity index (χ4n) is 1.22. The second-order valence-electron chi connectivity index (χ2n) is 3.49. The minimum atomic E-state index is -1.07. The first kappa shape index (κ1) is 12.5. The van der Waals surface area contributed by atoms with Crippen LogP contribution in [0.2, 0.25) is 5.02 Å². The lowest BCUT2D eigenvalue weighted by atomic mass is 10.1. The molecule has 0 aliphatic heterocycles. The number of amides is 1. The van der Waals surface area contributed by atoms with E-state index in [0.717, 1.165) is 0 Å². The first-order valence-corrected chi connectivity index (χ1v) is 5.09. The third kappa shape index (κ3) is 2.97. The lowest BCUT2D eigenvalue weighted by molar-refractivity contribution is -0.138. The minimum absolute atomic E-state index is 0.413. The molecule has 5 heteroatoms. The van der Waals surface area contributed by atoms with E-state index in [9.17, 15) is 9.59 Å². The van der Waals surface area contributed by atoms with Crippen molar-refractivity contribution in [2.45, 2.75) is 19.9 Å². The van der Waals surface area contributed by atoms with Crippen molar-refractivity contribution in [1.82, 2.24) is 5.32 Å². The third-order valence-corrected chi connectivity index (χ3v) is 2.39. The molecule has 2 N–H and O–H groups in total. The topological polar surface area (TPSA) is 66.4 Å². The van der Waals surface area contributed by atoms with Gasteiger partial charge in [0.15, 0.2) is 0 Å². The van der Waals surface area contributed by atoms with Crippen LogP contribution in [0.25, 0.3) is 0 Å². The highest BCUT2D eigenvalue weighted by Gasteiger charge is 2.16. The number of carboxylic acids is 1. The third-order valence-electron chi connectivity index (χ3n) is 2.15. The Morgan fingerprint density at radius 2 is 2.06 bits per heavy atom. The summed E-state index contributed by atoms with van der Waals surface area (Å²) >= 11 is 5.75. The molecule has 0 spiro atoms. The fraction of sp³-hybridized carbons (Fsp3) is 0.273. The molecule has 0 heterocycles. The number of aliphatic carboxylic acids is 1. The van der Waals surface area contributed by atoms with Crippen LogP contribution < -0.4 is 5.32 Å². The van der Waals surface area contributed by atoms with Gasteiger partial charge in [0, 0.05) is 10.6 Å². The van der Waals surface area contributed by atoms with Crippen molar-refractivity contribution in [3.05, 3.63) is 34.3 Å². The molecular weight excluding hydrogens is 230 g/mol. The SMILES string of the molecule is Cc1cc(Cl)ccc1C(=O)N[C@@H](C)C(=O)O. The van der Waals surface area contributed by atoms with E-state index in [1.165, 1.54) is 6.92 Å². The highest BCUT2D eigenvalue weighted by Crippen LogP contribution is 2.15. The molecule has 0 aromatic heterocycles. The molecule has 1 aromatic carbocycles. The number of hydrogen-bond acceptors (Lipinski definition) is 2. The maximum absolute atomic E-state index is 11.7. The van der Waals surface area contributed by atoms with Gasteiger partial charge < -0.3 is 10.4 Å². The van der Waals surface area contributed by atoms with Crippen molar-refractivity contribution in [1.29, 1.82) is 0 Å². The van der Waals surface area contributed by atoms with Crippen molar-refractivity contribution in [2.75, 3.05) is 0 Å². The Morgan fingerprint density at radius 1 is 1.44 bits per heavy atom. The van der Waals surface area contributed by atoms with Crippen LogP contribution in [0.3, 0.4) is 0 Å². The van der Waals surface area contributed by atoms with Gasteiger partial charge in [0.05, 0.1) is 0 Å². The summed E-state index contributed by atoms with van der Waals surface area (Å²) in [7, 11) is 0. The van der Waals surface area contributed by atoms with Gasteiger partial charge >= 0.3 is 5.97 Å². The molecule has 16 heavy (non-hydrogen) atoms. The number of carbonyl (C=O) groups is 2. The molecule has 1 atom stereocenters. The summed E-state index contributed by atoms with van der Waals surface area (Å²) in [5.74, 6) is -1.48. The normalized spacial score (nSPS) is 11.9. The van der Waals surface area contributed by atoms with Crippen LogP contribution in [0.4, 0.5) is 0 Å². The Labute approximate surface area is 98.2 Å². The molecular formula is C11H12ClNO3. The second kappa shape index (κ2) is 4.99. The van der Waals surface area contributed by atoms with Crippen LogP contribution >= 0.6 is 11.6 Å². The van der Waals surface area contributed by atoms with Crippen LogP contribution in [-0.4, -0.2) is 23.0 Å². The number of carbonyl (C=O) groups excluding carboxylic acids is 1. The first-order chi connectivity index (χ1) is 7.41. The summed E-state index contributed by atoms with van der Waals surface area (Å²) in [5.41, 5.74) is 1.14. The predicted molar refractivity (Wildman–Crippen MR) is 60.8 cm³/mol. The van der Waals surface area contributed by atoms with E-state index < -0.39 is 17.9 Å². The molecule has 0 saturated carbocycles. The van der Waals surface area contributed by atoms with E-state index in [4.69, 9.17) is 16.7 Å². The molecule has 86 valence electrons. The lowest BCUT2D eigenvalue weighted by Crippen LogP contribution is -2.38. The number of aryl methyl sites for hydroxylation is 1. The second-order valence-corrected chi connectivity index (χ2v) is 3.93. The van der Waals surface area contributed by atoms with Crippen molar-refractivity contribution in [3.63, 3.8) is 0 Å². The Bertz CT molecular complexity index is 431. The maximum atomic E-state index is 11.7. The van der Waals surface area contributed by atoms with Gasteiger partial charge in [-0.05, 0) is 37.6 Å². The fourth-order valence-corrected chi connectivity index (χ4v) is 1.44. The number of rotatable bonds is 3. The minimum Gasteiger partial charge on any atom is -0.480 e. The van der Waals surface area contributed by atoms with Crippen LogP contribution in [-0.2, 0) is 4.79 Å². The van der Waals surface area contributed by atoms with Gasteiger partial charge in [-0.3, -0.25) is 9.59 Å². The van der Waals surface area contributed by atoms with Crippen molar-refractivity contribution < 1.29 is 14.7 Å². The van der Waals surface area contributed by atoms with Crippen molar-refractivity contribution in [2.24, 2.45) is 0 Å². The van der Waals surface area contributed by atoms with Gasteiger partial charge in [0.2, 0.25) is 0 Å². The number of halogens is 1. The van der Waals surface area contributed by atoms with Crippen LogP contribution in [0.1, 0.15) is 22.8 Å². The van der Waals surface area contributed by atoms with Gasteiger partial charge in [-0.25, -0.2) is 0 Å². The molecule has 4 nitrogen and oxygen atoms in total. The van der Waals surface area contributed by atoms with Crippen LogP contribution in [0, 0.1) is 6.92 Å². The molecule has 0 unspecified atom stereocenters. The van der Waals surface area contributed by atoms with Gasteiger partial charge in [-0.15, -0.1) is 0 Å². The molecule has 0 bridgehead atoms. The average Bonchev–Trinajstić information content (AvgIpc) is 2.16. The summed E-state index contributed by atoms with van der Waals surface area (Å²) in [5, 5.41) is 11.6. The van der Waals surface area contributed by atoms with Gasteiger partial charge in [-0.1, -0.05) is 11.6 Å². The summed E-state index contributed by atoms with van der Waals surface area (Å²) < 4.78 is 0. The standard InChI is InChI=1S/C11H12ClNO3/c1-6-5-8(12)3-4-9(6)10(14)13-7(2)11(15)16/h3-5,7H,1-2H3,(H,13,14)(H,15,16)/t7-/m0/s1. The van der Waals surface area contributed by atoms with E-state index in [1.807, 2.05) is 0 Å². The molecule has 1 aromatic rings. The monoisotopic (exact) mass is 241 g/mol.